The van der Waals surface area contributed by atoms with E-state index in [0.717, 1.165) is 36.7 Å². The molecular weight excluding hydrogens is 364 g/mol. The number of halogens is 1. The van der Waals surface area contributed by atoms with Gasteiger partial charge >= 0.3 is 0 Å². The lowest BCUT2D eigenvalue weighted by atomic mass is 9.99. The summed E-state index contributed by atoms with van der Waals surface area (Å²) in [5, 5.41) is 1.07. The molecule has 0 spiro atoms. The molecule has 6 heteroatoms. The molecule has 0 saturated carbocycles. The maximum absolute atomic E-state index is 12.3. The van der Waals surface area contributed by atoms with E-state index < -0.39 is 0 Å². The molecule has 1 amide bonds. The van der Waals surface area contributed by atoms with Gasteiger partial charge in [-0.1, -0.05) is 6.07 Å². The first kappa shape index (κ1) is 15.6. The molecular formula is C16H17BrN2O2S. The summed E-state index contributed by atoms with van der Waals surface area (Å²) in [5.74, 6) is 2.10. The fourth-order valence-electron chi connectivity index (χ4n) is 2.52. The maximum atomic E-state index is 12.3. The van der Waals surface area contributed by atoms with Crippen molar-refractivity contribution in [1.29, 1.82) is 0 Å². The minimum Gasteiger partial charge on any atom is -0.444 e. The molecule has 0 radical (unpaired) electrons. The predicted octanol–water partition coefficient (Wildman–Crippen LogP) is 4.08. The number of thioether (sulfide) groups is 1. The summed E-state index contributed by atoms with van der Waals surface area (Å²) in [6.45, 7) is 1.59. The fourth-order valence-corrected chi connectivity index (χ4v) is 3.88. The molecule has 1 aliphatic rings. The molecule has 0 aliphatic carbocycles. The Morgan fingerprint density at radius 1 is 1.32 bits per heavy atom. The van der Waals surface area contributed by atoms with E-state index in [1.165, 1.54) is 0 Å². The lowest BCUT2D eigenvalue weighted by Crippen LogP contribution is -2.38. The highest BCUT2D eigenvalue weighted by Crippen LogP contribution is 2.26. The Labute approximate surface area is 142 Å². The summed E-state index contributed by atoms with van der Waals surface area (Å²) in [7, 11) is 0. The van der Waals surface area contributed by atoms with E-state index >= 15 is 0 Å². The number of hydrogen-bond acceptors (Lipinski definition) is 4. The van der Waals surface area contributed by atoms with Crippen molar-refractivity contribution in [2.45, 2.75) is 17.9 Å². The number of rotatable bonds is 4. The van der Waals surface area contributed by atoms with Gasteiger partial charge in [0.05, 0.1) is 5.03 Å². The van der Waals surface area contributed by atoms with Crippen molar-refractivity contribution < 1.29 is 9.21 Å². The normalized spacial score (nSPS) is 16.0. The molecule has 2 aromatic heterocycles. The molecule has 0 bridgehead atoms. The largest absolute Gasteiger partial charge is 0.444 e. The van der Waals surface area contributed by atoms with Crippen molar-refractivity contribution in [3.8, 4) is 0 Å². The number of amides is 1. The van der Waals surface area contributed by atoms with Crippen molar-refractivity contribution in [1.82, 2.24) is 9.88 Å². The monoisotopic (exact) mass is 380 g/mol. The predicted molar refractivity (Wildman–Crippen MR) is 90.0 cm³/mol. The van der Waals surface area contributed by atoms with Crippen LogP contribution in [0, 0.1) is 5.92 Å². The Kier molecular flexibility index (Phi) is 5.20. The molecule has 0 N–H and O–H groups in total. The minimum atomic E-state index is -0.0125. The Morgan fingerprint density at radius 2 is 2.14 bits per heavy atom. The van der Waals surface area contributed by atoms with E-state index in [9.17, 15) is 4.79 Å². The number of carbonyl (C=O) groups excluding carboxylic acids is 1. The number of hydrogen-bond donors (Lipinski definition) is 0. The number of likely N-dealkylation sites (tertiary alicyclic amines) is 1. The first-order chi connectivity index (χ1) is 10.7. The summed E-state index contributed by atoms with van der Waals surface area (Å²) < 4.78 is 5.94. The van der Waals surface area contributed by atoms with Gasteiger partial charge in [-0.15, -0.1) is 11.8 Å². The third kappa shape index (κ3) is 3.93. The first-order valence-electron chi connectivity index (χ1n) is 7.31. The maximum Gasteiger partial charge on any atom is 0.289 e. The van der Waals surface area contributed by atoms with E-state index in [-0.39, 0.29) is 5.91 Å². The van der Waals surface area contributed by atoms with Gasteiger partial charge < -0.3 is 9.32 Å². The van der Waals surface area contributed by atoms with Crippen LogP contribution in [-0.2, 0) is 0 Å². The number of nitrogens with zero attached hydrogens (tertiary/aromatic N) is 2. The SMILES string of the molecule is O=C(c1ccc(Br)o1)N1CCC(CSc2ccccn2)CC1. The van der Waals surface area contributed by atoms with Gasteiger partial charge in [0.2, 0.25) is 0 Å². The van der Waals surface area contributed by atoms with Crippen molar-refractivity contribution in [2.75, 3.05) is 18.8 Å². The van der Waals surface area contributed by atoms with Gasteiger partial charge in [0.25, 0.3) is 5.91 Å². The molecule has 0 unspecified atom stereocenters. The summed E-state index contributed by atoms with van der Waals surface area (Å²) in [4.78, 5) is 18.5. The van der Waals surface area contributed by atoms with Crippen LogP contribution in [0.2, 0.25) is 0 Å². The van der Waals surface area contributed by atoms with Gasteiger partial charge in [0.15, 0.2) is 10.4 Å². The Balaban J connectivity index is 1.47. The molecule has 0 aromatic carbocycles. The van der Waals surface area contributed by atoms with Crippen LogP contribution in [0.4, 0.5) is 0 Å². The van der Waals surface area contributed by atoms with Gasteiger partial charge in [-0.3, -0.25) is 4.79 Å². The smallest absolute Gasteiger partial charge is 0.289 e. The van der Waals surface area contributed by atoms with Gasteiger partial charge in [0, 0.05) is 25.0 Å². The zero-order chi connectivity index (χ0) is 15.4. The summed E-state index contributed by atoms with van der Waals surface area (Å²) in [6, 6.07) is 9.45. The lowest BCUT2D eigenvalue weighted by molar-refractivity contribution is 0.0665. The molecule has 22 heavy (non-hydrogen) atoms. The second kappa shape index (κ2) is 7.33. The van der Waals surface area contributed by atoms with Gasteiger partial charge in [0.1, 0.15) is 0 Å². The lowest BCUT2D eigenvalue weighted by Gasteiger charge is -2.31. The number of carbonyl (C=O) groups is 1. The molecule has 3 rings (SSSR count). The molecule has 1 aliphatic heterocycles. The Hall–Kier alpha value is -1.27. The van der Waals surface area contributed by atoms with E-state index in [1.54, 1.807) is 23.9 Å². The Morgan fingerprint density at radius 3 is 2.77 bits per heavy atom. The minimum absolute atomic E-state index is 0.0125. The van der Waals surface area contributed by atoms with Crippen molar-refractivity contribution in [3.05, 3.63) is 47.0 Å². The second-order valence-corrected chi connectivity index (χ2v) is 7.14. The van der Waals surface area contributed by atoms with Crippen LogP contribution < -0.4 is 0 Å². The third-order valence-corrected chi connectivity index (χ3v) is 5.39. The fraction of sp³-hybridized carbons (Fsp3) is 0.375. The van der Waals surface area contributed by atoms with E-state index in [1.807, 2.05) is 29.3 Å². The number of piperidine rings is 1. The average Bonchev–Trinajstić information content (AvgIpc) is 3.00. The molecule has 1 saturated heterocycles. The van der Waals surface area contributed by atoms with E-state index in [4.69, 9.17) is 4.42 Å². The van der Waals surface area contributed by atoms with E-state index in [2.05, 4.69) is 20.9 Å². The zero-order valence-corrected chi connectivity index (χ0v) is 14.5. The molecule has 2 aromatic rings. The number of pyridine rings is 1. The topological polar surface area (TPSA) is 46.3 Å². The highest BCUT2D eigenvalue weighted by molar-refractivity contribution is 9.10. The van der Waals surface area contributed by atoms with Crippen molar-refractivity contribution in [2.24, 2.45) is 5.92 Å². The first-order valence-corrected chi connectivity index (χ1v) is 9.08. The molecule has 4 nitrogen and oxygen atoms in total. The quantitative estimate of drug-likeness (QED) is 0.749. The molecule has 0 atom stereocenters. The van der Waals surface area contributed by atoms with Crippen LogP contribution in [0.15, 0.2) is 50.6 Å². The highest BCUT2D eigenvalue weighted by Gasteiger charge is 2.25. The summed E-state index contributed by atoms with van der Waals surface area (Å²) in [5.41, 5.74) is 0. The standard InChI is InChI=1S/C16H17BrN2O2S/c17-14-5-4-13(21-14)16(20)19-9-6-12(7-10-19)11-22-15-3-1-2-8-18-15/h1-5,8,12H,6-7,9-11H2. The third-order valence-electron chi connectivity index (χ3n) is 3.79. The van der Waals surface area contributed by atoms with Crippen molar-refractivity contribution >= 4 is 33.6 Å². The van der Waals surface area contributed by atoms with Gasteiger partial charge in [-0.2, -0.15) is 0 Å². The van der Waals surface area contributed by atoms with Crippen LogP contribution in [0.25, 0.3) is 0 Å². The summed E-state index contributed by atoms with van der Waals surface area (Å²) in [6.07, 6.45) is 3.89. The highest BCUT2D eigenvalue weighted by atomic mass is 79.9. The summed E-state index contributed by atoms with van der Waals surface area (Å²) >= 11 is 5.03. The molecule has 3 heterocycles. The van der Waals surface area contributed by atoms with Gasteiger partial charge in [-0.05, 0) is 59.0 Å². The van der Waals surface area contributed by atoms with Crippen LogP contribution in [0.1, 0.15) is 23.4 Å². The molecule has 116 valence electrons. The number of furan rings is 1. The zero-order valence-electron chi connectivity index (χ0n) is 12.1. The van der Waals surface area contributed by atoms with Crippen LogP contribution >= 0.6 is 27.7 Å². The van der Waals surface area contributed by atoms with Crippen LogP contribution in [-0.4, -0.2) is 34.6 Å². The number of aromatic nitrogens is 1. The second-order valence-electron chi connectivity index (χ2n) is 5.32. The van der Waals surface area contributed by atoms with Gasteiger partial charge in [-0.25, -0.2) is 4.98 Å². The average molecular weight is 381 g/mol. The molecule has 1 fully saturated rings. The van der Waals surface area contributed by atoms with E-state index in [0.29, 0.717) is 16.3 Å². The Bertz CT molecular complexity index is 624. The van der Waals surface area contributed by atoms with Crippen LogP contribution in [0.3, 0.4) is 0 Å². The van der Waals surface area contributed by atoms with Crippen molar-refractivity contribution in [3.63, 3.8) is 0 Å². The van der Waals surface area contributed by atoms with Crippen LogP contribution in [0.5, 0.6) is 0 Å².